The van der Waals surface area contributed by atoms with E-state index < -0.39 is 6.10 Å². The van der Waals surface area contributed by atoms with Gasteiger partial charge in [-0.05, 0) is 26.0 Å². The molecule has 0 heterocycles. The van der Waals surface area contributed by atoms with Gasteiger partial charge in [-0.15, -0.1) is 0 Å². The molecule has 2 rings (SSSR count). The van der Waals surface area contributed by atoms with E-state index in [0.717, 1.165) is 5.56 Å². The smallest absolute Gasteiger partial charge is 0.202 e. The molecule has 0 fully saturated rings. The third-order valence-corrected chi connectivity index (χ3v) is 3.16. The molecular weight excluding hydrogens is 260 g/mol. The van der Waals surface area contributed by atoms with Crippen LogP contribution in [-0.2, 0) is 0 Å². The number of rotatable bonds is 4. The van der Waals surface area contributed by atoms with Gasteiger partial charge in [-0.3, -0.25) is 4.79 Å². The molecule has 0 radical (unpaired) electrons. The van der Waals surface area contributed by atoms with Crippen molar-refractivity contribution in [3.8, 4) is 5.75 Å². The Balaban J connectivity index is 2.12. The van der Waals surface area contributed by atoms with Crippen molar-refractivity contribution >= 4 is 17.4 Å². The van der Waals surface area contributed by atoms with Gasteiger partial charge in [0.05, 0.1) is 5.02 Å². The summed E-state index contributed by atoms with van der Waals surface area (Å²) in [6.07, 6.45) is -0.567. The average molecular weight is 275 g/mol. The molecular formula is C16H15ClO2. The van der Waals surface area contributed by atoms with Crippen LogP contribution in [0.15, 0.2) is 48.5 Å². The zero-order valence-electron chi connectivity index (χ0n) is 10.9. The number of halogens is 1. The van der Waals surface area contributed by atoms with Gasteiger partial charge in [-0.1, -0.05) is 53.6 Å². The lowest BCUT2D eigenvalue weighted by atomic mass is 10.1. The van der Waals surface area contributed by atoms with Gasteiger partial charge in [0.1, 0.15) is 5.75 Å². The van der Waals surface area contributed by atoms with Crippen molar-refractivity contribution in [3.63, 3.8) is 0 Å². The Morgan fingerprint density at radius 1 is 1.11 bits per heavy atom. The maximum atomic E-state index is 12.2. The molecule has 3 heteroatoms. The molecule has 0 N–H and O–H groups in total. The first-order valence-electron chi connectivity index (χ1n) is 6.10. The van der Waals surface area contributed by atoms with Gasteiger partial charge >= 0.3 is 0 Å². The van der Waals surface area contributed by atoms with E-state index in [2.05, 4.69) is 0 Å². The van der Waals surface area contributed by atoms with Gasteiger partial charge in [0.15, 0.2) is 6.10 Å². The van der Waals surface area contributed by atoms with Crippen molar-refractivity contribution in [1.82, 2.24) is 0 Å². The zero-order chi connectivity index (χ0) is 13.8. The van der Waals surface area contributed by atoms with E-state index >= 15 is 0 Å². The first-order chi connectivity index (χ1) is 9.08. The predicted molar refractivity (Wildman–Crippen MR) is 77.1 cm³/mol. The van der Waals surface area contributed by atoms with Gasteiger partial charge < -0.3 is 4.74 Å². The number of hydrogen-bond donors (Lipinski definition) is 0. The summed E-state index contributed by atoms with van der Waals surface area (Å²) < 4.78 is 5.61. The van der Waals surface area contributed by atoms with Crippen LogP contribution in [0, 0.1) is 6.92 Å². The highest BCUT2D eigenvalue weighted by atomic mass is 35.5. The predicted octanol–water partition coefficient (Wildman–Crippen LogP) is 4.30. The number of hydrogen-bond acceptors (Lipinski definition) is 2. The average Bonchev–Trinajstić information content (AvgIpc) is 2.41. The number of ether oxygens (including phenoxy) is 1. The van der Waals surface area contributed by atoms with Gasteiger partial charge in [0, 0.05) is 5.56 Å². The standard InChI is InChI=1S/C16H15ClO2/c1-11-7-9-13(10-8-11)16(18)12(2)19-15-6-4-3-5-14(15)17/h3-10,12H,1-2H3/t12-/m1/s1. The molecule has 0 aliphatic heterocycles. The van der Waals surface area contributed by atoms with E-state index in [-0.39, 0.29) is 5.78 Å². The Bertz CT molecular complexity index is 576. The Hall–Kier alpha value is -1.80. The lowest BCUT2D eigenvalue weighted by Crippen LogP contribution is -2.24. The van der Waals surface area contributed by atoms with Crippen LogP contribution in [0.4, 0.5) is 0 Å². The molecule has 98 valence electrons. The van der Waals surface area contributed by atoms with Crippen molar-refractivity contribution in [2.24, 2.45) is 0 Å². The van der Waals surface area contributed by atoms with Crippen LogP contribution >= 0.6 is 11.6 Å². The summed E-state index contributed by atoms with van der Waals surface area (Å²) in [5, 5.41) is 0.506. The van der Waals surface area contributed by atoms with E-state index in [0.29, 0.717) is 16.3 Å². The summed E-state index contributed by atoms with van der Waals surface area (Å²) in [4.78, 5) is 12.2. The van der Waals surface area contributed by atoms with Gasteiger partial charge in [0.25, 0.3) is 0 Å². The number of Topliss-reactive ketones (excluding diaryl/α,β-unsaturated/α-hetero) is 1. The van der Waals surface area contributed by atoms with E-state index in [1.165, 1.54) is 0 Å². The third-order valence-electron chi connectivity index (χ3n) is 2.85. The van der Waals surface area contributed by atoms with Gasteiger partial charge in [0.2, 0.25) is 5.78 Å². The van der Waals surface area contributed by atoms with Crippen molar-refractivity contribution in [1.29, 1.82) is 0 Å². The SMILES string of the molecule is Cc1ccc(C(=O)[C@@H](C)Oc2ccccc2Cl)cc1. The van der Waals surface area contributed by atoms with Crippen molar-refractivity contribution in [2.75, 3.05) is 0 Å². The van der Waals surface area contributed by atoms with E-state index in [9.17, 15) is 4.79 Å². The second-order valence-corrected chi connectivity index (χ2v) is 4.83. The van der Waals surface area contributed by atoms with Crippen molar-refractivity contribution < 1.29 is 9.53 Å². The number of ketones is 1. The van der Waals surface area contributed by atoms with Crippen molar-refractivity contribution in [2.45, 2.75) is 20.0 Å². The number of benzene rings is 2. The van der Waals surface area contributed by atoms with Crippen LogP contribution in [0.25, 0.3) is 0 Å². The molecule has 0 aromatic heterocycles. The number of carbonyl (C=O) groups excluding carboxylic acids is 1. The van der Waals surface area contributed by atoms with E-state index in [1.807, 2.05) is 43.3 Å². The van der Waals surface area contributed by atoms with Gasteiger partial charge in [-0.25, -0.2) is 0 Å². The number of aryl methyl sites for hydroxylation is 1. The summed E-state index contributed by atoms with van der Waals surface area (Å²) in [5.41, 5.74) is 1.77. The normalized spacial score (nSPS) is 11.9. The molecule has 2 aromatic carbocycles. The third kappa shape index (κ3) is 3.36. The van der Waals surface area contributed by atoms with Gasteiger partial charge in [-0.2, -0.15) is 0 Å². The summed E-state index contributed by atoms with van der Waals surface area (Å²) in [5.74, 6) is 0.469. The second-order valence-electron chi connectivity index (χ2n) is 4.42. The van der Waals surface area contributed by atoms with Crippen LogP contribution in [0.3, 0.4) is 0 Å². The van der Waals surface area contributed by atoms with Crippen LogP contribution in [0.5, 0.6) is 5.75 Å². The van der Waals surface area contributed by atoms with Crippen LogP contribution in [-0.4, -0.2) is 11.9 Å². The quantitative estimate of drug-likeness (QED) is 0.777. The van der Waals surface area contributed by atoms with Crippen LogP contribution in [0.1, 0.15) is 22.8 Å². The molecule has 1 atom stereocenters. The highest BCUT2D eigenvalue weighted by Gasteiger charge is 2.17. The molecule has 0 spiro atoms. The van der Waals surface area contributed by atoms with Crippen LogP contribution < -0.4 is 4.74 Å². The highest BCUT2D eigenvalue weighted by molar-refractivity contribution is 6.32. The highest BCUT2D eigenvalue weighted by Crippen LogP contribution is 2.24. The van der Waals surface area contributed by atoms with E-state index in [1.54, 1.807) is 19.1 Å². The largest absolute Gasteiger partial charge is 0.481 e. The fourth-order valence-electron chi connectivity index (χ4n) is 1.74. The maximum absolute atomic E-state index is 12.2. The molecule has 0 unspecified atom stereocenters. The van der Waals surface area contributed by atoms with Crippen LogP contribution in [0.2, 0.25) is 5.02 Å². The first kappa shape index (κ1) is 13.6. The molecule has 2 nitrogen and oxygen atoms in total. The Labute approximate surface area is 118 Å². The summed E-state index contributed by atoms with van der Waals surface area (Å²) in [7, 11) is 0. The molecule has 0 saturated carbocycles. The summed E-state index contributed by atoms with van der Waals surface area (Å²) in [6.45, 7) is 3.71. The maximum Gasteiger partial charge on any atom is 0.202 e. The Kier molecular flexibility index (Phi) is 4.23. The lowest BCUT2D eigenvalue weighted by molar-refractivity contribution is 0.0818. The lowest BCUT2D eigenvalue weighted by Gasteiger charge is -2.14. The fourth-order valence-corrected chi connectivity index (χ4v) is 1.92. The Morgan fingerprint density at radius 2 is 1.74 bits per heavy atom. The molecule has 19 heavy (non-hydrogen) atoms. The number of carbonyl (C=O) groups is 1. The molecule has 0 saturated heterocycles. The number of para-hydroxylation sites is 1. The molecule has 0 bridgehead atoms. The summed E-state index contributed by atoms with van der Waals surface area (Å²) >= 11 is 6.00. The fraction of sp³-hybridized carbons (Fsp3) is 0.188. The summed E-state index contributed by atoms with van der Waals surface area (Å²) in [6, 6.07) is 14.6. The Morgan fingerprint density at radius 3 is 2.37 bits per heavy atom. The first-order valence-corrected chi connectivity index (χ1v) is 6.48. The van der Waals surface area contributed by atoms with E-state index in [4.69, 9.17) is 16.3 Å². The minimum absolute atomic E-state index is 0.0556. The minimum Gasteiger partial charge on any atom is -0.481 e. The molecule has 0 aliphatic carbocycles. The second kappa shape index (κ2) is 5.89. The van der Waals surface area contributed by atoms with Crippen molar-refractivity contribution in [3.05, 3.63) is 64.7 Å². The minimum atomic E-state index is -0.567. The zero-order valence-corrected chi connectivity index (χ0v) is 11.6. The molecule has 0 amide bonds. The molecule has 2 aromatic rings. The monoisotopic (exact) mass is 274 g/mol. The molecule has 0 aliphatic rings. The topological polar surface area (TPSA) is 26.3 Å².